The molecule has 1 rings (SSSR count). The maximum Gasteiger partial charge on any atom is 0.213 e. The number of rotatable bonds is 9. The van der Waals surface area contributed by atoms with Gasteiger partial charge in [-0.15, -0.1) is 0 Å². The molecule has 1 aromatic heterocycles. The monoisotopic (exact) mass is 250 g/mol. The van der Waals surface area contributed by atoms with E-state index in [2.05, 4.69) is 43.2 Å². The quantitative estimate of drug-likeness (QED) is 0.683. The Morgan fingerprint density at radius 1 is 1.17 bits per heavy atom. The molecule has 0 amide bonds. The number of pyridine rings is 1. The van der Waals surface area contributed by atoms with Crippen molar-refractivity contribution in [2.24, 2.45) is 0 Å². The lowest BCUT2D eigenvalue weighted by Crippen LogP contribution is -2.14. The topological polar surface area (TPSA) is 34.1 Å². The highest BCUT2D eigenvalue weighted by atomic mass is 16.5. The molecule has 0 fully saturated rings. The summed E-state index contributed by atoms with van der Waals surface area (Å²) in [6.07, 6.45) is 4.34. The van der Waals surface area contributed by atoms with E-state index < -0.39 is 0 Å². The number of nitrogens with zero attached hydrogens (tertiary/aromatic N) is 1. The summed E-state index contributed by atoms with van der Waals surface area (Å²) in [5.41, 5.74) is 2.37. The molecule has 3 heteroatoms. The van der Waals surface area contributed by atoms with Gasteiger partial charge in [0.15, 0.2) is 0 Å². The summed E-state index contributed by atoms with van der Waals surface area (Å²) in [4.78, 5) is 4.50. The Morgan fingerprint density at radius 3 is 2.67 bits per heavy atom. The Balaban J connectivity index is 2.62. The van der Waals surface area contributed by atoms with Crippen molar-refractivity contribution in [2.75, 3.05) is 13.2 Å². The van der Waals surface area contributed by atoms with Crippen molar-refractivity contribution >= 4 is 0 Å². The zero-order valence-electron chi connectivity index (χ0n) is 12.0. The highest BCUT2D eigenvalue weighted by Gasteiger charge is 2.02. The molecule has 102 valence electrons. The van der Waals surface area contributed by atoms with Gasteiger partial charge in [0, 0.05) is 18.3 Å². The first kappa shape index (κ1) is 15.0. The van der Waals surface area contributed by atoms with Gasteiger partial charge >= 0.3 is 0 Å². The molecule has 0 aliphatic rings. The minimum Gasteiger partial charge on any atom is -0.478 e. The Bertz CT molecular complexity index is 311. The molecular formula is C15H26N2O. The van der Waals surface area contributed by atoms with E-state index in [9.17, 15) is 0 Å². The Kier molecular flexibility index (Phi) is 7.42. The number of hydrogen-bond acceptors (Lipinski definition) is 3. The predicted octanol–water partition coefficient (Wildman–Crippen LogP) is 3.32. The van der Waals surface area contributed by atoms with Gasteiger partial charge < -0.3 is 10.1 Å². The van der Waals surface area contributed by atoms with Crippen LogP contribution in [0.4, 0.5) is 0 Å². The fourth-order valence-corrected chi connectivity index (χ4v) is 1.71. The second kappa shape index (κ2) is 8.92. The smallest absolute Gasteiger partial charge is 0.213 e. The van der Waals surface area contributed by atoms with Gasteiger partial charge in [0.25, 0.3) is 0 Å². The van der Waals surface area contributed by atoms with Crippen molar-refractivity contribution in [3.8, 4) is 5.88 Å². The van der Waals surface area contributed by atoms with Crippen LogP contribution in [0.2, 0.25) is 0 Å². The number of hydrogen-bond donors (Lipinski definition) is 1. The molecule has 0 bridgehead atoms. The minimum atomic E-state index is 0.762. The first-order chi connectivity index (χ1) is 8.80. The highest BCUT2D eigenvalue weighted by molar-refractivity contribution is 5.25. The molecule has 0 atom stereocenters. The van der Waals surface area contributed by atoms with E-state index in [-0.39, 0.29) is 0 Å². The summed E-state index contributed by atoms with van der Waals surface area (Å²) in [5, 5.41) is 3.41. The van der Waals surface area contributed by atoms with Gasteiger partial charge in [0.2, 0.25) is 5.88 Å². The standard InChI is InChI=1S/C15H26N2O/c1-4-7-9-18-15-11-13(12-16-8-5-2)10-14(6-3)17-15/h10-11,16H,4-9,12H2,1-3H3. The SMILES string of the molecule is CCCCOc1cc(CNCCC)cc(CC)n1. The molecule has 0 saturated carbocycles. The fourth-order valence-electron chi connectivity index (χ4n) is 1.71. The summed E-state index contributed by atoms with van der Waals surface area (Å²) < 4.78 is 5.70. The molecule has 18 heavy (non-hydrogen) atoms. The van der Waals surface area contributed by atoms with Crippen LogP contribution >= 0.6 is 0 Å². The fraction of sp³-hybridized carbons (Fsp3) is 0.667. The van der Waals surface area contributed by atoms with E-state index in [0.29, 0.717) is 0 Å². The molecule has 0 unspecified atom stereocenters. The average molecular weight is 250 g/mol. The lowest BCUT2D eigenvalue weighted by molar-refractivity contribution is 0.296. The normalized spacial score (nSPS) is 10.6. The van der Waals surface area contributed by atoms with Crippen LogP contribution in [0, 0.1) is 0 Å². The molecule has 1 aromatic rings. The molecule has 1 N–H and O–H groups in total. The first-order valence-electron chi connectivity index (χ1n) is 7.13. The van der Waals surface area contributed by atoms with Crippen LogP contribution < -0.4 is 10.1 Å². The molecule has 3 nitrogen and oxygen atoms in total. The van der Waals surface area contributed by atoms with E-state index in [4.69, 9.17) is 4.74 Å². The van der Waals surface area contributed by atoms with E-state index >= 15 is 0 Å². The summed E-state index contributed by atoms with van der Waals surface area (Å²) in [6, 6.07) is 4.22. The van der Waals surface area contributed by atoms with E-state index in [1.54, 1.807) is 0 Å². The third kappa shape index (κ3) is 5.50. The third-order valence-electron chi connectivity index (χ3n) is 2.78. The van der Waals surface area contributed by atoms with Gasteiger partial charge in [-0.1, -0.05) is 27.2 Å². The van der Waals surface area contributed by atoms with Crippen LogP contribution in [-0.2, 0) is 13.0 Å². The minimum absolute atomic E-state index is 0.762. The molecular weight excluding hydrogens is 224 g/mol. The van der Waals surface area contributed by atoms with E-state index in [0.717, 1.165) is 57.0 Å². The lowest BCUT2D eigenvalue weighted by Gasteiger charge is -2.10. The van der Waals surface area contributed by atoms with Crippen molar-refractivity contribution in [2.45, 2.75) is 53.0 Å². The first-order valence-corrected chi connectivity index (χ1v) is 7.13. The Hall–Kier alpha value is -1.09. The molecule has 0 saturated heterocycles. The van der Waals surface area contributed by atoms with Gasteiger partial charge in [-0.25, -0.2) is 4.98 Å². The molecule has 0 aromatic carbocycles. The van der Waals surface area contributed by atoms with Crippen LogP contribution in [-0.4, -0.2) is 18.1 Å². The van der Waals surface area contributed by atoms with Crippen LogP contribution in [0.15, 0.2) is 12.1 Å². The van der Waals surface area contributed by atoms with Crippen LogP contribution in [0.1, 0.15) is 51.3 Å². The maximum atomic E-state index is 5.70. The van der Waals surface area contributed by atoms with Crippen molar-refractivity contribution in [3.05, 3.63) is 23.4 Å². The molecule has 0 aliphatic heterocycles. The zero-order chi connectivity index (χ0) is 13.2. The van der Waals surface area contributed by atoms with Gasteiger partial charge in [0.1, 0.15) is 0 Å². The Labute approximate surface area is 111 Å². The molecule has 1 heterocycles. The predicted molar refractivity (Wildman–Crippen MR) is 76.0 cm³/mol. The van der Waals surface area contributed by atoms with Gasteiger partial charge in [-0.2, -0.15) is 0 Å². The van der Waals surface area contributed by atoms with Gasteiger partial charge in [0.05, 0.1) is 6.61 Å². The number of unbranched alkanes of at least 4 members (excludes halogenated alkanes) is 1. The molecule has 0 aliphatic carbocycles. The third-order valence-corrected chi connectivity index (χ3v) is 2.78. The molecule has 0 radical (unpaired) electrons. The summed E-state index contributed by atoms with van der Waals surface area (Å²) in [7, 11) is 0. The number of aryl methyl sites for hydroxylation is 1. The average Bonchev–Trinajstić information content (AvgIpc) is 2.39. The maximum absolute atomic E-state index is 5.70. The second-order valence-corrected chi connectivity index (χ2v) is 4.54. The van der Waals surface area contributed by atoms with Gasteiger partial charge in [-0.3, -0.25) is 0 Å². The van der Waals surface area contributed by atoms with Crippen molar-refractivity contribution in [1.29, 1.82) is 0 Å². The van der Waals surface area contributed by atoms with Crippen LogP contribution in [0.25, 0.3) is 0 Å². The van der Waals surface area contributed by atoms with Crippen molar-refractivity contribution in [1.82, 2.24) is 10.3 Å². The van der Waals surface area contributed by atoms with Crippen LogP contribution in [0.5, 0.6) is 5.88 Å². The lowest BCUT2D eigenvalue weighted by atomic mass is 10.2. The van der Waals surface area contributed by atoms with E-state index in [1.807, 2.05) is 0 Å². The zero-order valence-corrected chi connectivity index (χ0v) is 12.0. The van der Waals surface area contributed by atoms with Crippen LogP contribution in [0.3, 0.4) is 0 Å². The van der Waals surface area contributed by atoms with Gasteiger partial charge in [-0.05, 0) is 37.4 Å². The number of nitrogens with one attached hydrogen (secondary N) is 1. The summed E-state index contributed by atoms with van der Waals surface area (Å²) >= 11 is 0. The Morgan fingerprint density at radius 2 is 2.00 bits per heavy atom. The number of ether oxygens (including phenoxy) is 1. The van der Waals surface area contributed by atoms with E-state index in [1.165, 1.54) is 5.56 Å². The number of aromatic nitrogens is 1. The highest BCUT2D eigenvalue weighted by Crippen LogP contribution is 2.14. The summed E-state index contributed by atoms with van der Waals surface area (Å²) in [5.74, 6) is 0.774. The second-order valence-electron chi connectivity index (χ2n) is 4.54. The van der Waals surface area contributed by atoms with Crippen molar-refractivity contribution < 1.29 is 4.74 Å². The largest absolute Gasteiger partial charge is 0.478 e. The summed E-state index contributed by atoms with van der Waals surface area (Å²) in [6.45, 7) is 9.18. The van der Waals surface area contributed by atoms with Crippen molar-refractivity contribution in [3.63, 3.8) is 0 Å². The molecule has 0 spiro atoms.